The number of hydrogen-bond donors (Lipinski definition) is 1. The van der Waals surface area contributed by atoms with Crippen LogP contribution >= 0.6 is 27.5 Å². The summed E-state index contributed by atoms with van der Waals surface area (Å²) < 4.78 is 12.6. The molecule has 0 saturated carbocycles. The number of aromatic nitrogens is 2. The van der Waals surface area contributed by atoms with Crippen molar-refractivity contribution in [3.8, 4) is 5.75 Å². The monoisotopic (exact) mass is 374 g/mol. The summed E-state index contributed by atoms with van der Waals surface area (Å²) in [7, 11) is 3.20. The third-order valence-electron chi connectivity index (χ3n) is 3.09. The number of hydrogen-bond acceptors (Lipinski definition) is 4. The molecule has 0 saturated heterocycles. The van der Waals surface area contributed by atoms with E-state index in [9.17, 15) is 5.11 Å². The van der Waals surface area contributed by atoms with Gasteiger partial charge in [0.25, 0.3) is 0 Å². The molecule has 5 nitrogen and oxygen atoms in total. The summed E-state index contributed by atoms with van der Waals surface area (Å²) in [6.45, 7) is 1.01. The Kier molecular flexibility index (Phi) is 5.64. The Bertz CT molecular complexity index is 618. The topological polar surface area (TPSA) is 56.5 Å². The van der Waals surface area contributed by atoms with Crippen LogP contribution in [0.25, 0.3) is 0 Å². The van der Waals surface area contributed by atoms with E-state index in [0.29, 0.717) is 35.2 Å². The van der Waals surface area contributed by atoms with E-state index in [0.717, 1.165) is 4.47 Å². The van der Waals surface area contributed by atoms with Gasteiger partial charge in [-0.1, -0.05) is 17.7 Å². The average Bonchev–Trinajstić information content (AvgIpc) is 2.85. The second-order valence-electron chi connectivity index (χ2n) is 4.39. The minimum Gasteiger partial charge on any atom is -0.496 e. The van der Waals surface area contributed by atoms with E-state index in [1.54, 1.807) is 37.1 Å². The summed E-state index contributed by atoms with van der Waals surface area (Å²) in [5.41, 5.74) is 1.24. The van der Waals surface area contributed by atoms with Crippen LogP contribution in [0.3, 0.4) is 0 Å². The molecule has 0 spiro atoms. The highest BCUT2D eigenvalue weighted by Crippen LogP contribution is 2.33. The third-order valence-corrected chi connectivity index (χ3v) is 4.00. The van der Waals surface area contributed by atoms with Crippen molar-refractivity contribution in [3.05, 3.63) is 45.1 Å². The summed E-state index contributed by atoms with van der Waals surface area (Å²) >= 11 is 9.55. The standard InChI is InChI=1S/C14H16BrClN2O3/c1-20-6-5-18-13(11(16)8-17-18)14(19)9-3-4-12(21-2)10(15)7-9/h3-4,7-8,14,19H,5-6H2,1-2H3. The fraction of sp³-hybridized carbons (Fsp3) is 0.357. The quantitative estimate of drug-likeness (QED) is 0.843. The van der Waals surface area contributed by atoms with Gasteiger partial charge in [0.05, 0.1) is 41.6 Å². The van der Waals surface area contributed by atoms with Crippen molar-refractivity contribution in [1.29, 1.82) is 0 Å². The summed E-state index contributed by atoms with van der Waals surface area (Å²) in [6.07, 6.45) is 0.646. The molecule has 0 bridgehead atoms. The predicted octanol–water partition coefficient (Wildman–Crippen LogP) is 3.04. The van der Waals surface area contributed by atoms with Crippen molar-refractivity contribution in [2.24, 2.45) is 0 Å². The highest BCUT2D eigenvalue weighted by Gasteiger charge is 2.20. The number of aliphatic hydroxyl groups is 1. The molecule has 114 valence electrons. The zero-order chi connectivity index (χ0) is 15.4. The first-order valence-corrected chi connectivity index (χ1v) is 7.47. The van der Waals surface area contributed by atoms with Gasteiger partial charge < -0.3 is 14.6 Å². The van der Waals surface area contributed by atoms with Crippen LogP contribution in [0.5, 0.6) is 5.75 Å². The summed E-state index contributed by atoms with van der Waals surface area (Å²) in [5, 5.41) is 15.2. The molecule has 0 amide bonds. The van der Waals surface area contributed by atoms with Gasteiger partial charge in [-0.05, 0) is 33.6 Å². The normalized spacial score (nSPS) is 12.4. The first-order chi connectivity index (χ1) is 10.1. The molecular weight excluding hydrogens is 360 g/mol. The highest BCUT2D eigenvalue weighted by molar-refractivity contribution is 9.10. The molecule has 1 unspecified atom stereocenters. The van der Waals surface area contributed by atoms with Gasteiger partial charge in [-0.2, -0.15) is 5.10 Å². The Morgan fingerprint density at radius 3 is 2.81 bits per heavy atom. The van der Waals surface area contributed by atoms with Crippen LogP contribution in [0.1, 0.15) is 17.4 Å². The van der Waals surface area contributed by atoms with Gasteiger partial charge in [-0.3, -0.25) is 4.68 Å². The zero-order valence-corrected chi connectivity index (χ0v) is 14.1. The maximum atomic E-state index is 10.6. The van der Waals surface area contributed by atoms with Gasteiger partial charge >= 0.3 is 0 Å². The van der Waals surface area contributed by atoms with Crippen molar-refractivity contribution in [1.82, 2.24) is 9.78 Å². The Hall–Kier alpha value is -1.08. The molecule has 1 heterocycles. The fourth-order valence-electron chi connectivity index (χ4n) is 2.01. The van der Waals surface area contributed by atoms with Crippen LogP contribution in [0, 0.1) is 0 Å². The molecule has 1 aromatic carbocycles. The molecule has 1 N–H and O–H groups in total. The van der Waals surface area contributed by atoms with Crippen LogP contribution < -0.4 is 4.74 Å². The molecule has 2 aromatic rings. The Labute approximate surface area is 136 Å². The Morgan fingerprint density at radius 1 is 1.43 bits per heavy atom. The van der Waals surface area contributed by atoms with E-state index < -0.39 is 6.10 Å². The number of aliphatic hydroxyl groups excluding tert-OH is 1. The average molecular weight is 376 g/mol. The molecule has 7 heteroatoms. The lowest BCUT2D eigenvalue weighted by atomic mass is 10.1. The second-order valence-corrected chi connectivity index (χ2v) is 5.65. The maximum absolute atomic E-state index is 10.6. The lowest BCUT2D eigenvalue weighted by Crippen LogP contribution is -2.13. The lowest BCUT2D eigenvalue weighted by molar-refractivity contribution is 0.171. The largest absolute Gasteiger partial charge is 0.496 e. The number of ether oxygens (including phenoxy) is 2. The lowest BCUT2D eigenvalue weighted by Gasteiger charge is -2.15. The highest BCUT2D eigenvalue weighted by atomic mass is 79.9. The Balaban J connectivity index is 2.33. The molecule has 0 aliphatic carbocycles. The smallest absolute Gasteiger partial charge is 0.133 e. The van der Waals surface area contributed by atoms with Crippen molar-refractivity contribution < 1.29 is 14.6 Å². The minimum atomic E-state index is -0.876. The number of rotatable bonds is 6. The molecule has 0 radical (unpaired) electrons. The Morgan fingerprint density at radius 2 is 2.19 bits per heavy atom. The number of nitrogens with zero attached hydrogens (tertiary/aromatic N) is 2. The van der Waals surface area contributed by atoms with E-state index in [-0.39, 0.29) is 0 Å². The molecule has 2 rings (SSSR count). The van der Waals surface area contributed by atoms with Crippen LogP contribution in [-0.2, 0) is 11.3 Å². The zero-order valence-electron chi connectivity index (χ0n) is 11.7. The van der Waals surface area contributed by atoms with Crippen LogP contribution in [0.4, 0.5) is 0 Å². The van der Waals surface area contributed by atoms with E-state index in [1.807, 2.05) is 0 Å². The number of halogens is 2. The van der Waals surface area contributed by atoms with Crippen molar-refractivity contribution in [2.45, 2.75) is 12.6 Å². The summed E-state index contributed by atoms with van der Waals surface area (Å²) in [4.78, 5) is 0. The van der Waals surface area contributed by atoms with Gasteiger partial charge in [-0.15, -0.1) is 0 Å². The fourth-order valence-corrected chi connectivity index (χ4v) is 2.81. The predicted molar refractivity (Wildman–Crippen MR) is 83.9 cm³/mol. The van der Waals surface area contributed by atoms with Gasteiger partial charge in [0.15, 0.2) is 0 Å². The van der Waals surface area contributed by atoms with E-state index in [2.05, 4.69) is 21.0 Å². The molecular formula is C14H16BrClN2O3. The second kappa shape index (κ2) is 7.26. The van der Waals surface area contributed by atoms with E-state index in [4.69, 9.17) is 21.1 Å². The van der Waals surface area contributed by atoms with Crippen LogP contribution in [0.15, 0.2) is 28.9 Å². The van der Waals surface area contributed by atoms with Crippen LogP contribution in [-0.4, -0.2) is 35.7 Å². The van der Waals surface area contributed by atoms with Gasteiger partial charge in [0.2, 0.25) is 0 Å². The molecule has 1 atom stereocenters. The number of benzene rings is 1. The molecule has 0 aliphatic heterocycles. The summed E-state index contributed by atoms with van der Waals surface area (Å²) in [5.74, 6) is 0.699. The molecule has 0 fully saturated rings. The number of methoxy groups -OCH3 is 2. The minimum absolute atomic E-state index is 0.422. The van der Waals surface area contributed by atoms with Crippen molar-refractivity contribution >= 4 is 27.5 Å². The van der Waals surface area contributed by atoms with Crippen molar-refractivity contribution in [2.75, 3.05) is 20.8 Å². The molecule has 21 heavy (non-hydrogen) atoms. The van der Waals surface area contributed by atoms with Gasteiger partial charge in [0.1, 0.15) is 11.9 Å². The summed E-state index contributed by atoms with van der Waals surface area (Å²) in [6, 6.07) is 5.37. The van der Waals surface area contributed by atoms with Crippen molar-refractivity contribution in [3.63, 3.8) is 0 Å². The first kappa shape index (κ1) is 16.3. The van der Waals surface area contributed by atoms with Gasteiger partial charge in [0, 0.05) is 7.11 Å². The van der Waals surface area contributed by atoms with E-state index in [1.165, 1.54) is 6.20 Å². The first-order valence-electron chi connectivity index (χ1n) is 6.30. The van der Waals surface area contributed by atoms with E-state index >= 15 is 0 Å². The third kappa shape index (κ3) is 3.58. The molecule has 0 aliphatic rings. The van der Waals surface area contributed by atoms with Crippen LogP contribution in [0.2, 0.25) is 5.02 Å². The SMILES string of the molecule is COCCn1ncc(Cl)c1C(O)c1ccc(OC)c(Br)c1. The van der Waals surface area contributed by atoms with Gasteiger partial charge in [-0.25, -0.2) is 0 Å². The molecule has 1 aromatic heterocycles. The maximum Gasteiger partial charge on any atom is 0.133 e.